The van der Waals surface area contributed by atoms with E-state index in [1.807, 2.05) is 38.1 Å². The van der Waals surface area contributed by atoms with Gasteiger partial charge in [-0.05, 0) is 69.0 Å². The topological polar surface area (TPSA) is 29.5 Å². The highest BCUT2D eigenvalue weighted by Gasteiger charge is 2.34. The van der Waals surface area contributed by atoms with Gasteiger partial charge in [0.1, 0.15) is 6.10 Å². The number of rotatable bonds is 6. The van der Waals surface area contributed by atoms with Crippen molar-refractivity contribution >= 4 is 5.97 Å². The maximum absolute atomic E-state index is 13.6. The zero-order valence-corrected chi connectivity index (χ0v) is 19.4. The fourth-order valence-electron chi connectivity index (χ4n) is 5.06. The summed E-state index contributed by atoms with van der Waals surface area (Å²) in [6.45, 7) is 8.08. The second kappa shape index (κ2) is 10.1. The lowest BCUT2D eigenvalue weighted by molar-refractivity contribution is -0.00850. The highest BCUT2D eigenvalue weighted by Crippen LogP contribution is 2.39. The highest BCUT2D eigenvalue weighted by molar-refractivity contribution is 5.93. The van der Waals surface area contributed by atoms with Crippen molar-refractivity contribution in [3.05, 3.63) is 106 Å². The van der Waals surface area contributed by atoms with Gasteiger partial charge in [0.2, 0.25) is 0 Å². The van der Waals surface area contributed by atoms with Gasteiger partial charge in [0.25, 0.3) is 0 Å². The van der Waals surface area contributed by atoms with E-state index in [9.17, 15) is 4.79 Å². The Morgan fingerprint density at radius 1 is 0.781 bits per heavy atom. The van der Waals surface area contributed by atoms with Crippen molar-refractivity contribution in [3.8, 4) is 0 Å². The monoisotopic (exact) mass is 427 g/mol. The molecule has 0 bridgehead atoms. The molecule has 3 heteroatoms. The molecular formula is C29H33NO2. The average Bonchev–Trinajstić information content (AvgIpc) is 2.80. The maximum atomic E-state index is 13.6. The van der Waals surface area contributed by atoms with Crippen molar-refractivity contribution in [2.75, 3.05) is 13.1 Å². The van der Waals surface area contributed by atoms with Gasteiger partial charge in [0, 0.05) is 0 Å². The predicted octanol–water partition coefficient (Wildman–Crippen LogP) is 6.74. The van der Waals surface area contributed by atoms with Crippen LogP contribution in [0, 0.1) is 20.8 Å². The Hall–Kier alpha value is -2.91. The molecule has 1 aliphatic rings. The molecule has 2 atom stereocenters. The van der Waals surface area contributed by atoms with Crippen LogP contribution in [-0.4, -0.2) is 24.0 Å². The normalized spacial score (nSPS) is 16.3. The highest BCUT2D eigenvalue weighted by atomic mass is 16.5. The third kappa shape index (κ3) is 4.94. The predicted molar refractivity (Wildman–Crippen MR) is 130 cm³/mol. The van der Waals surface area contributed by atoms with Crippen molar-refractivity contribution in [3.63, 3.8) is 0 Å². The number of ether oxygens (including phenoxy) is 1. The van der Waals surface area contributed by atoms with E-state index in [0.29, 0.717) is 5.56 Å². The van der Waals surface area contributed by atoms with Gasteiger partial charge >= 0.3 is 5.97 Å². The largest absolute Gasteiger partial charge is 0.452 e. The van der Waals surface area contributed by atoms with E-state index < -0.39 is 0 Å². The molecule has 4 rings (SSSR count). The van der Waals surface area contributed by atoms with Crippen LogP contribution in [0.15, 0.2) is 72.8 Å². The van der Waals surface area contributed by atoms with E-state index >= 15 is 0 Å². The molecule has 1 fully saturated rings. The summed E-state index contributed by atoms with van der Waals surface area (Å²) in [4.78, 5) is 16.1. The third-order valence-corrected chi connectivity index (χ3v) is 6.46. The molecule has 0 spiro atoms. The molecule has 0 unspecified atom stereocenters. The molecule has 1 heterocycles. The zero-order chi connectivity index (χ0) is 22.5. The van der Waals surface area contributed by atoms with Crippen LogP contribution in [-0.2, 0) is 4.74 Å². The van der Waals surface area contributed by atoms with E-state index in [4.69, 9.17) is 4.74 Å². The first kappa shape index (κ1) is 22.3. The summed E-state index contributed by atoms with van der Waals surface area (Å²) >= 11 is 0. The Bertz CT molecular complexity index is 1020. The zero-order valence-electron chi connectivity index (χ0n) is 19.4. The number of likely N-dealkylation sites (tertiary alicyclic amines) is 1. The molecule has 32 heavy (non-hydrogen) atoms. The number of carbonyl (C=O) groups excluding carboxylic acids is 1. The molecule has 0 radical (unpaired) electrons. The van der Waals surface area contributed by atoms with Gasteiger partial charge in [-0.2, -0.15) is 0 Å². The molecule has 166 valence electrons. The minimum Gasteiger partial charge on any atom is -0.452 e. The first-order valence-electron chi connectivity index (χ1n) is 11.7. The molecule has 1 saturated heterocycles. The molecule has 0 N–H and O–H groups in total. The summed E-state index contributed by atoms with van der Waals surface area (Å²) in [5.74, 6) is -0.244. The van der Waals surface area contributed by atoms with Crippen LogP contribution in [0.2, 0.25) is 0 Å². The van der Waals surface area contributed by atoms with Crippen LogP contribution in [0.4, 0.5) is 0 Å². The van der Waals surface area contributed by atoms with Gasteiger partial charge in [-0.15, -0.1) is 0 Å². The van der Waals surface area contributed by atoms with Crippen molar-refractivity contribution in [1.29, 1.82) is 0 Å². The fraction of sp³-hybridized carbons (Fsp3) is 0.345. The second-order valence-corrected chi connectivity index (χ2v) is 8.96. The number of piperidine rings is 1. The number of esters is 1. The van der Waals surface area contributed by atoms with Crippen molar-refractivity contribution < 1.29 is 9.53 Å². The number of nitrogens with zero attached hydrogens (tertiary/aromatic N) is 1. The molecule has 3 nitrogen and oxygen atoms in total. The summed E-state index contributed by atoms with van der Waals surface area (Å²) in [5, 5.41) is 0. The number of benzene rings is 3. The van der Waals surface area contributed by atoms with Crippen molar-refractivity contribution in [1.82, 2.24) is 4.90 Å². The molecule has 1 aliphatic heterocycles. The van der Waals surface area contributed by atoms with Crippen LogP contribution >= 0.6 is 0 Å². The number of aryl methyl sites for hydroxylation is 3. The molecule has 3 aromatic rings. The molecule has 0 saturated carbocycles. The van der Waals surface area contributed by atoms with Crippen LogP contribution in [0.25, 0.3) is 0 Å². The Kier molecular flexibility index (Phi) is 7.06. The Morgan fingerprint density at radius 2 is 1.31 bits per heavy atom. The quantitative estimate of drug-likeness (QED) is 0.408. The van der Waals surface area contributed by atoms with Crippen LogP contribution in [0.5, 0.6) is 0 Å². The molecule has 0 aliphatic carbocycles. The summed E-state index contributed by atoms with van der Waals surface area (Å²) in [7, 11) is 0. The van der Waals surface area contributed by atoms with E-state index in [0.717, 1.165) is 35.3 Å². The lowest BCUT2D eigenvalue weighted by Crippen LogP contribution is -2.38. The lowest BCUT2D eigenvalue weighted by atomic mass is 9.92. The number of hydrogen-bond acceptors (Lipinski definition) is 3. The minimum absolute atomic E-state index is 0.0195. The molecular weight excluding hydrogens is 394 g/mol. The number of carbonyl (C=O) groups is 1. The Balaban J connectivity index is 1.76. The van der Waals surface area contributed by atoms with Gasteiger partial charge in [-0.1, -0.05) is 84.8 Å². The molecule has 0 amide bonds. The minimum atomic E-state index is -0.385. The lowest BCUT2D eigenvalue weighted by Gasteiger charge is -2.39. The second-order valence-electron chi connectivity index (χ2n) is 8.96. The summed E-state index contributed by atoms with van der Waals surface area (Å²) in [6, 6.07) is 24.8. The SMILES string of the molecule is Cc1cc(C)c(C(=O)O[C@@H](c2ccccc2)[C@@H](c2ccccc2)N2CCCCC2)c(C)c1. The third-order valence-electron chi connectivity index (χ3n) is 6.46. The summed E-state index contributed by atoms with van der Waals surface area (Å²) < 4.78 is 6.41. The average molecular weight is 428 g/mol. The fourth-order valence-corrected chi connectivity index (χ4v) is 5.06. The number of hydrogen-bond donors (Lipinski definition) is 0. The van der Waals surface area contributed by atoms with Gasteiger partial charge in [-0.25, -0.2) is 4.79 Å². The van der Waals surface area contributed by atoms with Crippen molar-refractivity contribution in [2.24, 2.45) is 0 Å². The molecule has 0 aromatic heterocycles. The maximum Gasteiger partial charge on any atom is 0.339 e. The smallest absolute Gasteiger partial charge is 0.339 e. The van der Waals surface area contributed by atoms with Crippen molar-refractivity contribution in [2.45, 2.75) is 52.2 Å². The van der Waals surface area contributed by atoms with E-state index in [2.05, 4.69) is 60.4 Å². The van der Waals surface area contributed by atoms with E-state index in [-0.39, 0.29) is 18.1 Å². The first-order valence-corrected chi connectivity index (χ1v) is 11.7. The summed E-state index contributed by atoms with van der Waals surface area (Å²) in [6.07, 6.45) is 3.23. The van der Waals surface area contributed by atoms with Gasteiger partial charge in [-0.3, -0.25) is 4.90 Å². The standard InChI is InChI=1S/C29H33NO2/c1-21-19-22(2)26(23(3)20-21)29(31)32-28(25-15-9-5-10-16-25)27(24-13-7-4-8-14-24)30-17-11-6-12-18-30/h4-5,7-10,13-16,19-20,27-28H,6,11-12,17-18H2,1-3H3/t27-,28+/m1/s1. The Morgan fingerprint density at radius 3 is 1.88 bits per heavy atom. The van der Waals surface area contributed by atoms with Gasteiger partial charge in [0.05, 0.1) is 11.6 Å². The van der Waals surface area contributed by atoms with E-state index in [1.54, 1.807) is 0 Å². The van der Waals surface area contributed by atoms with Crippen LogP contribution < -0.4 is 0 Å². The summed E-state index contributed by atoms with van der Waals surface area (Å²) in [5.41, 5.74) is 5.99. The molecule has 3 aromatic carbocycles. The van der Waals surface area contributed by atoms with Crippen LogP contribution in [0.3, 0.4) is 0 Å². The Labute approximate surface area is 192 Å². The van der Waals surface area contributed by atoms with E-state index in [1.165, 1.54) is 24.8 Å². The first-order chi connectivity index (χ1) is 15.5. The van der Waals surface area contributed by atoms with Gasteiger partial charge < -0.3 is 4.74 Å². The van der Waals surface area contributed by atoms with Gasteiger partial charge in [0.15, 0.2) is 0 Å². The van der Waals surface area contributed by atoms with Crippen LogP contribution in [0.1, 0.15) is 69.6 Å².